The van der Waals surface area contributed by atoms with Gasteiger partial charge in [0.1, 0.15) is 0 Å². The summed E-state index contributed by atoms with van der Waals surface area (Å²) < 4.78 is 0. The molecule has 6 heteroatoms. The van der Waals surface area contributed by atoms with Crippen LogP contribution in [0.25, 0.3) is 0 Å². The van der Waals surface area contributed by atoms with Crippen molar-refractivity contribution in [2.45, 2.75) is 39.2 Å². The van der Waals surface area contributed by atoms with E-state index in [-0.39, 0.29) is 29.5 Å². The first-order chi connectivity index (χ1) is 10.4. The number of hydrogen-bond donors (Lipinski definition) is 2. The molecule has 2 rings (SSSR count). The minimum atomic E-state index is -0.449. The lowest BCUT2D eigenvalue weighted by molar-refractivity contribution is -0.384. The minimum Gasteiger partial charge on any atom is -0.354 e. The summed E-state index contributed by atoms with van der Waals surface area (Å²) in [5, 5.41) is 17.1. The number of carbonyl (C=O) groups excluding carboxylic acids is 1. The van der Waals surface area contributed by atoms with E-state index in [4.69, 9.17) is 0 Å². The summed E-state index contributed by atoms with van der Waals surface area (Å²) in [5.41, 5.74) is 0.833. The van der Waals surface area contributed by atoms with E-state index < -0.39 is 4.92 Å². The number of nitrogens with zero attached hydrogens (tertiary/aromatic N) is 1. The quantitative estimate of drug-likeness (QED) is 0.644. The van der Waals surface area contributed by atoms with Crippen LogP contribution in [0.4, 0.5) is 5.69 Å². The van der Waals surface area contributed by atoms with Crippen molar-refractivity contribution in [2.24, 2.45) is 5.41 Å². The van der Waals surface area contributed by atoms with Crippen LogP contribution in [0, 0.1) is 15.5 Å². The summed E-state index contributed by atoms with van der Waals surface area (Å²) in [6.45, 7) is 5.97. The maximum Gasteiger partial charge on any atom is 0.269 e. The van der Waals surface area contributed by atoms with Gasteiger partial charge in [-0.05, 0) is 30.4 Å². The van der Waals surface area contributed by atoms with E-state index in [0.717, 1.165) is 19.4 Å². The van der Waals surface area contributed by atoms with Crippen molar-refractivity contribution in [1.82, 2.24) is 10.6 Å². The lowest BCUT2D eigenvalue weighted by Crippen LogP contribution is -2.52. The molecule has 1 aliphatic rings. The van der Waals surface area contributed by atoms with Crippen molar-refractivity contribution < 1.29 is 9.72 Å². The average molecular weight is 305 g/mol. The minimum absolute atomic E-state index is 0.0142. The van der Waals surface area contributed by atoms with Gasteiger partial charge in [-0.1, -0.05) is 26.0 Å². The van der Waals surface area contributed by atoms with Gasteiger partial charge in [-0.2, -0.15) is 0 Å². The van der Waals surface area contributed by atoms with Gasteiger partial charge in [0.05, 0.1) is 11.3 Å². The summed E-state index contributed by atoms with van der Waals surface area (Å²) >= 11 is 0. The SMILES string of the molecule is CC1(C)CCCNC1CNC(=O)Cc1cccc([N+](=O)[O-])c1. The summed E-state index contributed by atoms with van der Waals surface area (Å²) in [7, 11) is 0. The Hall–Kier alpha value is -1.95. The second-order valence-corrected chi connectivity index (χ2v) is 6.51. The lowest BCUT2D eigenvalue weighted by atomic mass is 9.77. The number of piperidine rings is 1. The first-order valence-corrected chi connectivity index (χ1v) is 7.62. The molecule has 0 spiro atoms. The zero-order chi connectivity index (χ0) is 16.2. The van der Waals surface area contributed by atoms with Crippen LogP contribution in [-0.4, -0.2) is 30.0 Å². The Kier molecular flexibility index (Phi) is 5.13. The zero-order valence-electron chi connectivity index (χ0n) is 13.1. The van der Waals surface area contributed by atoms with Crippen molar-refractivity contribution >= 4 is 11.6 Å². The molecule has 1 aromatic carbocycles. The molecule has 0 aliphatic carbocycles. The standard InChI is InChI=1S/C16H23N3O3/c1-16(2)7-4-8-17-14(16)11-18-15(20)10-12-5-3-6-13(9-12)19(21)22/h3,5-6,9,14,17H,4,7-8,10-11H2,1-2H3,(H,18,20). The molecule has 1 saturated heterocycles. The predicted octanol–water partition coefficient (Wildman–Crippen LogP) is 2.03. The van der Waals surface area contributed by atoms with Gasteiger partial charge >= 0.3 is 0 Å². The van der Waals surface area contributed by atoms with E-state index in [1.807, 2.05) is 0 Å². The number of nitro groups is 1. The van der Waals surface area contributed by atoms with Crippen LogP contribution in [0.15, 0.2) is 24.3 Å². The highest BCUT2D eigenvalue weighted by Gasteiger charge is 2.31. The highest BCUT2D eigenvalue weighted by atomic mass is 16.6. The molecule has 0 bridgehead atoms. The van der Waals surface area contributed by atoms with E-state index in [1.165, 1.54) is 12.1 Å². The van der Waals surface area contributed by atoms with Crippen LogP contribution in [0.3, 0.4) is 0 Å². The van der Waals surface area contributed by atoms with E-state index in [9.17, 15) is 14.9 Å². The normalized spacial score (nSPS) is 20.4. The highest BCUT2D eigenvalue weighted by molar-refractivity contribution is 5.78. The smallest absolute Gasteiger partial charge is 0.269 e. The number of nitrogens with one attached hydrogen (secondary N) is 2. The molecule has 1 heterocycles. The van der Waals surface area contributed by atoms with Crippen molar-refractivity contribution in [3.8, 4) is 0 Å². The number of non-ortho nitro benzene ring substituents is 1. The fraction of sp³-hybridized carbons (Fsp3) is 0.562. The maximum atomic E-state index is 12.0. The molecule has 1 unspecified atom stereocenters. The third kappa shape index (κ3) is 4.27. The Morgan fingerprint density at radius 3 is 2.95 bits per heavy atom. The summed E-state index contributed by atoms with van der Waals surface area (Å²) in [6.07, 6.45) is 2.46. The van der Waals surface area contributed by atoms with Gasteiger partial charge in [0.25, 0.3) is 5.69 Å². The average Bonchev–Trinajstić information content (AvgIpc) is 2.46. The highest BCUT2D eigenvalue weighted by Crippen LogP contribution is 2.29. The molecule has 1 atom stereocenters. The van der Waals surface area contributed by atoms with Crippen molar-refractivity contribution in [3.63, 3.8) is 0 Å². The fourth-order valence-electron chi connectivity index (χ4n) is 2.86. The maximum absolute atomic E-state index is 12.0. The third-order valence-corrected chi connectivity index (χ3v) is 4.32. The molecule has 120 valence electrons. The largest absolute Gasteiger partial charge is 0.354 e. The van der Waals surface area contributed by atoms with E-state index in [0.29, 0.717) is 12.1 Å². The molecule has 1 fully saturated rings. The van der Waals surface area contributed by atoms with Gasteiger partial charge in [-0.15, -0.1) is 0 Å². The molecule has 2 N–H and O–H groups in total. The molecule has 1 aliphatic heterocycles. The number of carbonyl (C=O) groups is 1. The third-order valence-electron chi connectivity index (χ3n) is 4.32. The van der Waals surface area contributed by atoms with E-state index >= 15 is 0 Å². The van der Waals surface area contributed by atoms with Crippen LogP contribution in [0.1, 0.15) is 32.3 Å². The fourth-order valence-corrected chi connectivity index (χ4v) is 2.86. The summed E-state index contributed by atoms with van der Waals surface area (Å²) in [5.74, 6) is -0.108. The molecular formula is C16H23N3O3. The number of amides is 1. The van der Waals surface area contributed by atoms with Gasteiger partial charge in [0, 0.05) is 24.7 Å². The molecule has 22 heavy (non-hydrogen) atoms. The molecule has 0 aromatic heterocycles. The van der Waals surface area contributed by atoms with Gasteiger partial charge in [0.15, 0.2) is 0 Å². The van der Waals surface area contributed by atoms with Gasteiger partial charge < -0.3 is 10.6 Å². The molecule has 1 aromatic rings. The Labute approximate surface area is 130 Å². The predicted molar refractivity (Wildman–Crippen MR) is 84.6 cm³/mol. The molecule has 6 nitrogen and oxygen atoms in total. The zero-order valence-corrected chi connectivity index (χ0v) is 13.1. The Bertz CT molecular complexity index is 557. The van der Waals surface area contributed by atoms with Crippen molar-refractivity contribution in [3.05, 3.63) is 39.9 Å². The molecule has 1 amide bonds. The topological polar surface area (TPSA) is 84.3 Å². The molecule has 0 saturated carbocycles. The van der Waals surface area contributed by atoms with Crippen molar-refractivity contribution in [1.29, 1.82) is 0 Å². The van der Waals surface area contributed by atoms with E-state index in [2.05, 4.69) is 24.5 Å². The number of rotatable bonds is 5. The number of benzene rings is 1. The molecule has 0 radical (unpaired) electrons. The first kappa shape index (κ1) is 16.4. The van der Waals surface area contributed by atoms with Crippen LogP contribution < -0.4 is 10.6 Å². The van der Waals surface area contributed by atoms with E-state index in [1.54, 1.807) is 12.1 Å². The Morgan fingerprint density at radius 1 is 1.50 bits per heavy atom. The summed E-state index contributed by atoms with van der Waals surface area (Å²) in [4.78, 5) is 22.3. The second-order valence-electron chi connectivity index (χ2n) is 6.51. The lowest BCUT2D eigenvalue weighted by Gasteiger charge is -2.39. The van der Waals surface area contributed by atoms with Crippen molar-refractivity contribution in [2.75, 3.05) is 13.1 Å². The summed E-state index contributed by atoms with van der Waals surface area (Å²) in [6, 6.07) is 6.47. The van der Waals surface area contributed by atoms with Gasteiger partial charge in [-0.25, -0.2) is 0 Å². The van der Waals surface area contributed by atoms with Gasteiger partial charge in [-0.3, -0.25) is 14.9 Å². The number of nitro benzene ring substituents is 1. The second kappa shape index (κ2) is 6.87. The van der Waals surface area contributed by atoms with Gasteiger partial charge in [0.2, 0.25) is 5.91 Å². The Balaban J connectivity index is 1.88. The number of hydrogen-bond acceptors (Lipinski definition) is 4. The van der Waals surface area contributed by atoms with Crippen LogP contribution >= 0.6 is 0 Å². The Morgan fingerprint density at radius 2 is 2.27 bits per heavy atom. The molecular weight excluding hydrogens is 282 g/mol. The van der Waals surface area contributed by atoms with Crippen LogP contribution in [-0.2, 0) is 11.2 Å². The van der Waals surface area contributed by atoms with Crippen LogP contribution in [0.2, 0.25) is 0 Å². The van der Waals surface area contributed by atoms with Crippen LogP contribution in [0.5, 0.6) is 0 Å². The first-order valence-electron chi connectivity index (χ1n) is 7.62. The monoisotopic (exact) mass is 305 g/mol.